The van der Waals surface area contributed by atoms with E-state index in [2.05, 4.69) is 24.1 Å². The van der Waals surface area contributed by atoms with E-state index in [0.29, 0.717) is 25.6 Å². The highest BCUT2D eigenvalue weighted by Gasteiger charge is 2.32. The highest BCUT2D eigenvalue weighted by atomic mass is 16.5. The summed E-state index contributed by atoms with van der Waals surface area (Å²) in [6.45, 7) is 10.8. The number of carboxylic acids is 1. The van der Waals surface area contributed by atoms with Crippen LogP contribution >= 0.6 is 0 Å². The minimum Gasteiger partial charge on any atom is -0.480 e. The second-order valence-corrected chi connectivity index (χ2v) is 4.85. The van der Waals surface area contributed by atoms with Gasteiger partial charge in [0.15, 0.2) is 0 Å². The van der Waals surface area contributed by atoms with Gasteiger partial charge in [-0.15, -0.1) is 0 Å². The molecular formula is C13H28N2O3. The van der Waals surface area contributed by atoms with Gasteiger partial charge in [0.1, 0.15) is 5.54 Å². The second kappa shape index (κ2) is 8.45. The van der Waals surface area contributed by atoms with Crippen molar-refractivity contribution >= 4 is 5.97 Å². The average molecular weight is 260 g/mol. The summed E-state index contributed by atoms with van der Waals surface area (Å²) in [6, 6.07) is 0.305. The van der Waals surface area contributed by atoms with E-state index in [0.717, 1.165) is 13.1 Å². The normalized spacial score (nSPS) is 16.6. The van der Waals surface area contributed by atoms with E-state index < -0.39 is 11.5 Å². The third-order valence-electron chi connectivity index (χ3n) is 3.38. The summed E-state index contributed by atoms with van der Waals surface area (Å²) >= 11 is 0. The van der Waals surface area contributed by atoms with Crippen molar-refractivity contribution in [2.75, 3.05) is 33.4 Å². The molecule has 0 heterocycles. The number of nitrogens with one attached hydrogen (secondary N) is 1. The van der Waals surface area contributed by atoms with Crippen molar-refractivity contribution in [3.8, 4) is 0 Å². The van der Waals surface area contributed by atoms with Crippen molar-refractivity contribution in [1.29, 1.82) is 0 Å². The van der Waals surface area contributed by atoms with E-state index in [4.69, 9.17) is 4.74 Å². The molecule has 0 rings (SSSR count). The molecule has 0 aromatic heterocycles. The summed E-state index contributed by atoms with van der Waals surface area (Å²) in [5.41, 5.74) is -0.852. The quantitative estimate of drug-likeness (QED) is 0.618. The molecule has 2 N–H and O–H groups in total. The monoisotopic (exact) mass is 260 g/mol. The number of methoxy groups -OCH3 is 1. The summed E-state index contributed by atoms with van der Waals surface area (Å²) in [5, 5.41) is 12.3. The lowest BCUT2D eigenvalue weighted by atomic mass is 9.97. The molecule has 5 heteroatoms. The Labute approximate surface area is 110 Å². The van der Waals surface area contributed by atoms with Crippen molar-refractivity contribution in [3.05, 3.63) is 0 Å². The number of rotatable bonds is 10. The van der Waals surface area contributed by atoms with Crippen molar-refractivity contribution in [1.82, 2.24) is 10.2 Å². The fraction of sp³-hybridized carbons (Fsp3) is 0.923. The summed E-state index contributed by atoms with van der Waals surface area (Å²) in [4.78, 5) is 13.5. The van der Waals surface area contributed by atoms with Crippen LogP contribution in [-0.2, 0) is 9.53 Å². The van der Waals surface area contributed by atoms with Crippen molar-refractivity contribution < 1.29 is 14.6 Å². The van der Waals surface area contributed by atoms with Crippen LogP contribution in [0.25, 0.3) is 0 Å². The van der Waals surface area contributed by atoms with Crippen molar-refractivity contribution in [2.24, 2.45) is 0 Å². The van der Waals surface area contributed by atoms with Gasteiger partial charge >= 0.3 is 5.97 Å². The summed E-state index contributed by atoms with van der Waals surface area (Å²) in [6.07, 6.45) is 0.581. The SMILES string of the molecule is CCNC(C)(CCN(CC)C(C)COC)C(=O)O. The zero-order chi connectivity index (χ0) is 14.2. The minimum atomic E-state index is -0.852. The number of nitrogens with zero attached hydrogens (tertiary/aromatic N) is 1. The van der Waals surface area contributed by atoms with E-state index >= 15 is 0 Å². The summed E-state index contributed by atoms with van der Waals surface area (Å²) in [7, 11) is 1.68. The standard InChI is InChI=1S/C13H28N2O3/c1-6-14-13(4,12(16)17)8-9-15(7-2)11(3)10-18-5/h11,14H,6-10H2,1-5H3,(H,16,17). The van der Waals surface area contributed by atoms with Gasteiger partial charge in [-0.25, -0.2) is 0 Å². The fourth-order valence-corrected chi connectivity index (χ4v) is 2.07. The molecule has 0 saturated heterocycles. The van der Waals surface area contributed by atoms with E-state index in [9.17, 15) is 9.90 Å². The topological polar surface area (TPSA) is 61.8 Å². The number of aliphatic carboxylic acids is 1. The number of hydrogen-bond acceptors (Lipinski definition) is 4. The van der Waals surface area contributed by atoms with Gasteiger partial charge in [-0.2, -0.15) is 0 Å². The smallest absolute Gasteiger partial charge is 0.323 e. The first-order valence-electron chi connectivity index (χ1n) is 6.62. The highest BCUT2D eigenvalue weighted by molar-refractivity contribution is 5.78. The Bertz CT molecular complexity index is 248. The maximum Gasteiger partial charge on any atom is 0.323 e. The van der Waals surface area contributed by atoms with Crippen LogP contribution in [0, 0.1) is 0 Å². The van der Waals surface area contributed by atoms with E-state index in [-0.39, 0.29) is 0 Å². The van der Waals surface area contributed by atoms with Gasteiger partial charge in [0, 0.05) is 19.7 Å². The third kappa shape index (κ3) is 5.33. The number of likely N-dealkylation sites (N-methyl/N-ethyl adjacent to an activating group) is 2. The van der Waals surface area contributed by atoms with Crippen LogP contribution in [-0.4, -0.2) is 60.9 Å². The number of carboxylic acid groups (broad SMARTS) is 1. The Morgan fingerprint density at radius 1 is 1.50 bits per heavy atom. The maximum atomic E-state index is 11.3. The Hall–Kier alpha value is -0.650. The first-order valence-corrected chi connectivity index (χ1v) is 6.62. The Balaban J connectivity index is 4.43. The van der Waals surface area contributed by atoms with Gasteiger partial charge < -0.3 is 15.2 Å². The lowest BCUT2D eigenvalue weighted by Crippen LogP contribution is -2.52. The van der Waals surface area contributed by atoms with Gasteiger partial charge in [-0.3, -0.25) is 9.69 Å². The van der Waals surface area contributed by atoms with Crippen LogP contribution in [0.5, 0.6) is 0 Å². The molecule has 0 amide bonds. The molecule has 2 atom stereocenters. The molecule has 0 aliphatic rings. The number of ether oxygens (including phenoxy) is 1. The van der Waals surface area contributed by atoms with Crippen LogP contribution < -0.4 is 5.32 Å². The van der Waals surface area contributed by atoms with Crippen LogP contribution in [0.2, 0.25) is 0 Å². The molecule has 0 bridgehead atoms. The minimum absolute atomic E-state index is 0.305. The molecule has 0 aromatic rings. The molecule has 0 saturated carbocycles. The molecule has 0 fully saturated rings. The van der Waals surface area contributed by atoms with E-state index in [1.807, 2.05) is 6.92 Å². The average Bonchev–Trinajstić information content (AvgIpc) is 2.30. The van der Waals surface area contributed by atoms with E-state index in [1.165, 1.54) is 0 Å². The summed E-state index contributed by atoms with van der Waals surface area (Å²) in [5.74, 6) is -0.792. The highest BCUT2D eigenvalue weighted by Crippen LogP contribution is 2.12. The van der Waals surface area contributed by atoms with Crippen molar-refractivity contribution in [2.45, 2.75) is 45.7 Å². The van der Waals surface area contributed by atoms with Gasteiger partial charge in [0.25, 0.3) is 0 Å². The largest absolute Gasteiger partial charge is 0.480 e. The number of carbonyl (C=O) groups is 1. The Kier molecular flexibility index (Phi) is 8.15. The molecule has 108 valence electrons. The lowest BCUT2D eigenvalue weighted by Gasteiger charge is -2.32. The van der Waals surface area contributed by atoms with Crippen LogP contribution in [0.3, 0.4) is 0 Å². The zero-order valence-electron chi connectivity index (χ0n) is 12.3. The molecule has 0 aromatic carbocycles. The molecule has 0 aliphatic carbocycles. The second-order valence-electron chi connectivity index (χ2n) is 4.85. The molecule has 18 heavy (non-hydrogen) atoms. The summed E-state index contributed by atoms with van der Waals surface area (Å²) < 4.78 is 5.14. The van der Waals surface area contributed by atoms with Gasteiger partial charge in [0.05, 0.1) is 6.61 Å². The third-order valence-corrected chi connectivity index (χ3v) is 3.38. The Morgan fingerprint density at radius 2 is 2.11 bits per heavy atom. The van der Waals surface area contributed by atoms with Crippen LogP contribution in [0.1, 0.15) is 34.1 Å². The fourth-order valence-electron chi connectivity index (χ4n) is 2.07. The van der Waals surface area contributed by atoms with Gasteiger partial charge in [-0.1, -0.05) is 13.8 Å². The van der Waals surface area contributed by atoms with Crippen molar-refractivity contribution in [3.63, 3.8) is 0 Å². The zero-order valence-corrected chi connectivity index (χ0v) is 12.3. The maximum absolute atomic E-state index is 11.3. The number of hydrogen-bond donors (Lipinski definition) is 2. The molecule has 0 radical (unpaired) electrons. The predicted octanol–water partition coefficient (Wildman–Crippen LogP) is 1.19. The molecule has 5 nitrogen and oxygen atoms in total. The predicted molar refractivity (Wildman–Crippen MR) is 72.9 cm³/mol. The lowest BCUT2D eigenvalue weighted by molar-refractivity contribution is -0.144. The van der Waals surface area contributed by atoms with Crippen LogP contribution in [0.15, 0.2) is 0 Å². The molecule has 0 aliphatic heterocycles. The molecule has 2 unspecified atom stereocenters. The Morgan fingerprint density at radius 3 is 2.50 bits per heavy atom. The first-order chi connectivity index (χ1) is 8.41. The first kappa shape index (κ1) is 17.4. The van der Waals surface area contributed by atoms with Gasteiger partial charge in [-0.05, 0) is 33.4 Å². The van der Waals surface area contributed by atoms with Gasteiger partial charge in [0.2, 0.25) is 0 Å². The van der Waals surface area contributed by atoms with Crippen LogP contribution in [0.4, 0.5) is 0 Å². The van der Waals surface area contributed by atoms with E-state index in [1.54, 1.807) is 14.0 Å². The molecule has 0 spiro atoms. The molecular weight excluding hydrogens is 232 g/mol.